The van der Waals surface area contributed by atoms with Gasteiger partial charge >= 0.3 is 5.97 Å². The van der Waals surface area contributed by atoms with Crippen LogP contribution in [0.2, 0.25) is 0 Å². The van der Waals surface area contributed by atoms with Gasteiger partial charge in [-0.05, 0) is 25.0 Å². The first-order valence-corrected chi connectivity index (χ1v) is 8.71. The van der Waals surface area contributed by atoms with Crippen LogP contribution in [0.5, 0.6) is 0 Å². The van der Waals surface area contributed by atoms with E-state index in [9.17, 15) is 23.1 Å². The Balaban J connectivity index is 2.11. The minimum Gasteiger partial charge on any atom is -0.481 e. The SMILES string of the molecule is CS(=O)(=O)Nc1ccccc1NC(=O)CC1(C(=O)O)CCC1. The van der Waals surface area contributed by atoms with E-state index in [2.05, 4.69) is 10.0 Å². The Labute approximate surface area is 128 Å². The maximum absolute atomic E-state index is 12.1. The summed E-state index contributed by atoms with van der Waals surface area (Å²) in [7, 11) is -3.47. The monoisotopic (exact) mass is 326 g/mol. The lowest BCUT2D eigenvalue weighted by molar-refractivity contribution is -0.157. The van der Waals surface area contributed by atoms with E-state index in [1.54, 1.807) is 18.2 Å². The Hall–Kier alpha value is -2.09. The Morgan fingerprint density at radius 1 is 1.23 bits per heavy atom. The molecule has 0 aliphatic heterocycles. The van der Waals surface area contributed by atoms with Gasteiger partial charge in [-0.1, -0.05) is 18.6 Å². The van der Waals surface area contributed by atoms with Crippen molar-refractivity contribution >= 4 is 33.3 Å². The number of carboxylic acid groups (broad SMARTS) is 1. The van der Waals surface area contributed by atoms with Crippen molar-refractivity contribution in [1.82, 2.24) is 0 Å². The summed E-state index contributed by atoms with van der Waals surface area (Å²) in [5.74, 6) is -1.40. The predicted molar refractivity (Wildman–Crippen MR) is 82.1 cm³/mol. The fraction of sp³-hybridized carbons (Fsp3) is 0.429. The van der Waals surface area contributed by atoms with Crippen molar-refractivity contribution in [2.24, 2.45) is 5.41 Å². The highest BCUT2D eigenvalue weighted by molar-refractivity contribution is 7.92. The smallest absolute Gasteiger partial charge is 0.310 e. The lowest BCUT2D eigenvalue weighted by Crippen LogP contribution is -2.41. The molecule has 0 saturated heterocycles. The second-order valence-corrected chi connectivity index (χ2v) is 7.33. The number of hydrogen-bond donors (Lipinski definition) is 3. The normalized spacial score (nSPS) is 16.4. The third-order valence-electron chi connectivity index (χ3n) is 3.76. The number of nitrogens with one attached hydrogen (secondary N) is 2. The average molecular weight is 326 g/mol. The summed E-state index contributed by atoms with van der Waals surface area (Å²) in [6, 6.07) is 6.36. The molecule has 1 amide bonds. The summed E-state index contributed by atoms with van der Waals surface area (Å²) < 4.78 is 24.9. The number of carboxylic acids is 1. The maximum atomic E-state index is 12.1. The van der Waals surface area contributed by atoms with Gasteiger partial charge in [-0.15, -0.1) is 0 Å². The van der Waals surface area contributed by atoms with Crippen LogP contribution in [0.4, 0.5) is 11.4 Å². The fourth-order valence-electron chi connectivity index (χ4n) is 2.45. The van der Waals surface area contributed by atoms with Gasteiger partial charge in [0.25, 0.3) is 0 Å². The quantitative estimate of drug-likeness (QED) is 0.735. The zero-order chi connectivity index (χ0) is 16.4. The lowest BCUT2D eigenvalue weighted by Gasteiger charge is -2.36. The van der Waals surface area contributed by atoms with Crippen LogP contribution in [0.1, 0.15) is 25.7 Å². The summed E-state index contributed by atoms with van der Waals surface area (Å²) in [4.78, 5) is 23.4. The standard InChI is InChI=1S/C14H18N2O5S/c1-22(20,21)16-11-6-3-2-5-10(11)15-12(17)9-14(13(18)19)7-4-8-14/h2-3,5-6,16H,4,7-9H2,1H3,(H,15,17)(H,18,19). The average Bonchev–Trinajstić information content (AvgIpc) is 2.34. The highest BCUT2D eigenvalue weighted by atomic mass is 32.2. The Morgan fingerprint density at radius 3 is 2.27 bits per heavy atom. The summed E-state index contributed by atoms with van der Waals surface area (Å²) >= 11 is 0. The molecule has 0 aromatic heterocycles. The molecule has 0 heterocycles. The molecule has 0 unspecified atom stereocenters. The maximum Gasteiger partial charge on any atom is 0.310 e. The molecule has 1 fully saturated rings. The van der Waals surface area contributed by atoms with Crippen LogP contribution in [0.3, 0.4) is 0 Å². The first kappa shape index (κ1) is 16.3. The topological polar surface area (TPSA) is 113 Å². The number of benzene rings is 1. The number of amides is 1. The van der Waals surface area contributed by atoms with Crippen LogP contribution >= 0.6 is 0 Å². The number of carbonyl (C=O) groups is 2. The zero-order valence-corrected chi connectivity index (χ0v) is 12.9. The second kappa shape index (κ2) is 5.96. The second-order valence-electron chi connectivity index (χ2n) is 5.58. The van der Waals surface area contributed by atoms with E-state index >= 15 is 0 Å². The highest BCUT2D eigenvalue weighted by Gasteiger charge is 2.45. The van der Waals surface area contributed by atoms with E-state index in [-0.39, 0.29) is 12.1 Å². The molecule has 1 saturated carbocycles. The van der Waals surface area contributed by atoms with E-state index in [4.69, 9.17) is 0 Å². The summed E-state index contributed by atoms with van der Waals surface area (Å²) in [5, 5.41) is 11.8. The van der Waals surface area contributed by atoms with Gasteiger partial charge in [0, 0.05) is 6.42 Å². The number of sulfonamides is 1. The van der Waals surface area contributed by atoms with Crippen molar-refractivity contribution in [1.29, 1.82) is 0 Å². The van der Waals surface area contributed by atoms with Gasteiger partial charge in [0.2, 0.25) is 15.9 Å². The minimum atomic E-state index is -3.47. The zero-order valence-electron chi connectivity index (χ0n) is 12.1. The molecule has 7 nitrogen and oxygen atoms in total. The molecular weight excluding hydrogens is 308 g/mol. The molecule has 2 rings (SSSR count). The van der Waals surface area contributed by atoms with Crippen LogP contribution in [-0.2, 0) is 19.6 Å². The van der Waals surface area contributed by atoms with Gasteiger partial charge in [0.05, 0.1) is 23.0 Å². The number of carbonyl (C=O) groups excluding carboxylic acids is 1. The molecule has 1 aromatic rings. The molecule has 8 heteroatoms. The van der Waals surface area contributed by atoms with Crippen LogP contribution in [-0.4, -0.2) is 31.7 Å². The number of hydrogen-bond acceptors (Lipinski definition) is 4. The van der Waals surface area contributed by atoms with Crippen LogP contribution in [0, 0.1) is 5.41 Å². The van der Waals surface area contributed by atoms with Crippen molar-refractivity contribution in [3.05, 3.63) is 24.3 Å². The van der Waals surface area contributed by atoms with Crippen LogP contribution in [0.15, 0.2) is 24.3 Å². The van der Waals surface area contributed by atoms with E-state index in [0.717, 1.165) is 12.7 Å². The summed E-state index contributed by atoms with van der Waals surface area (Å²) in [6.07, 6.45) is 2.67. The molecule has 1 aliphatic rings. The Bertz CT molecular complexity index is 695. The van der Waals surface area contributed by atoms with Crippen LogP contribution < -0.4 is 10.0 Å². The first-order chi connectivity index (χ1) is 10.2. The van der Waals surface area contributed by atoms with Gasteiger partial charge in [-0.3, -0.25) is 14.3 Å². The number of anilines is 2. The third-order valence-corrected chi connectivity index (χ3v) is 4.35. The van der Waals surface area contributed by atoms with E-state index in [1.165, 1.54) is 6.07 Å². The Morgan fingerprint density at radius 2 is 1.82 bits per heavy atom. The molecule has 0 spiro atoms. The first-order valence-electron chi connectivity index (χ1n) is 6.82. The van der Waals surface area contributed by atoms with Crippen molar-refractivity contribution < 1.29 is 23.1 Å². The molecule has 0 radical (unpaired) electrons. The third kappa shape index (κ3) is 3.76. The minimum absolute atomic E-state index is 0.116. The molecule has 0 bridgehead atoms. The van der Waals surface area contributed by atoms with E-state index in [0.29, 0.717) is 18.5 Å². The predicted octanol–water partition coefficient (Wildman–Crippen LogP) is 1.64. The van der Waals surface area contributed by atoms with Crippen molar-refractivity contribution in [2.75, 3.05) is 16.3 Å². The van der Waals surface area contributed by atoms with E-state index < -0.39 is 27.3 Å². The van der Waals surface area contributed by atoms with Crippen LogP contribution in [0.25, 0.3) is 0 Å². The lowest BCUT2D eigenvalue weighted by atomic mass is 9.66. The molecule has 22 heavy (non-hydrogen) atoms. The van der Waals surface area contributed by atoms with Crippen molar-refractivity contribution in [3.63, 3.8) is 0 Å². The number of aliphatic carboxylic acids is 1. The molecule has 1 aromatic carbocycles. The van der Waals surface area contributed by atoms with Gasteiger partial charge in [-0.2, -0.15) is 0 Å². The highest BCUT2D eigenvalue weighted by Crippen LogP contribution is 2.44. The summed E-state index contributed by atoms with van der Waals surface area (Å²) in [6.45, 7) is 0. The van der Waals surface area contributed by atoms with Gasteiger partial charge < -0.3 is 10.4 Å². The van der Waals surface area contributed by atoms with E-state index in [1.807, 2.05) is 0 Å². The molecule has 1 aliphatic carbocycles. The molecule has 3 N–H and O–H groups in total. The summed E-state index contributed by atoms with van der Waals surface area (Å²) in [5.41, 5.74) is -0.433. The van der Waals surface area contributed by atoms with Gasteiger partial charge in [0.15, 0.2) is 0 Å². The fourth-order valence-corrected chi connectivity index (χ4v) is 3.03. The van der Waals surface area contributed by atoms with Crippen molar-refractivity contribution in [3.8, 4) is 0 Å². The number of para-hydroxylation sites is 2. The van der Waals surface area contributed by atoms with Gasteiger partial charge in [0.1, 0.15) is 0 Å². The molecule has 120 valence electrons. The molecular formula is C14H18N2O5S. The number of rotatable bonds is 6. The van der Waals surface area contributed by atoms with Crippen molar-refractivity contribution in [2.45, 2.75) is 25.7 Å². The Kier molecular flexibility index (Phi) is 4.41. The van der Waals surface area contributed by atoms with Gasteiger partial charge in [-0.25, -0.2) is 8.42 Å². The molecule has 0 atom stereocenters. The largest absolute Gasteiger partial charge is 0.481 e.